The number of nitrogens with one attached hydrogen (secondary N) is 1. The highest BCUT2D eigenvalue weighted by atomic mass is 79.9. The van der Waals surface area contributed by atoms with E-state index in [-0.39, 0.29) is 6.04 Å². The summed E-state index contributed by atoms with van der Waals surface area (Å²) in [5.41, 5.74) is 1.11. The van der Waals surface area contributed by atoms with Gasteiger partial charge in [0.1, 0.15) is 12.4 Å². The van der Waals surface area contributed by atoms with Crippen molar-refractivity contribution in [3.63, 3.8) is 0 Å². The van der Waals surface area contributed by atoms with Gasteiger partial charge >= 0.3 is 0 Å². The third-order valence-corrected chi connectivity index (χ3v) is 3.88. The molecule has 0 radical (unpaired) electrons. The zero-order valence-electron chi connectivity index (χ0n) is 11.3. The first-order chi connectivity index (χ1) is 9.66. The van der Waals surface area contributed by atoms with E-state index >= 15 is 0 Å². The summed E-state index contributed by atoms with van der Waals surface area (Å²) in [5, 5.41) is 4.20. The van der Waals surface area contributed by atoms with Crippen LogP contribution in [0.5, 0.6) is 5.75 Å². The summed E-state index contributed by atoms with van der Waals surface area (Å²) in [6.45, 7) is 3.49. The molecule has 0 amide bonds. The van der Waals surface area contributed by atoms with Crippen LogP contribution in [0.25, 0.3) is 0 Å². The van der Waals surface area contributed by atoms with Crippen molar-refractivity contribution in [1.29, 1.82) is 0 Å². The Hall–Kier alpha value is -1.03. The van der Waals surface area contributed by atoms with E-state index in [1.165, 1.54) is 0 Å². The van der Waals surface area contributed by atoms with Gasteiger partial charge in [-0.2, -0.15) is 0 Å². The van der Waals surface area contributed by atoms with Gasteiger partial charge in [-0.15, -0.1) is 0 Å². The molecule has 2 aromatic rings. The van der Waals surface area contributed by atoms with Gasteiger partial charge in [-0.05, 0) is 42.8 Å². The van der Waals surface area contributed by atoms with E-state index in [9.17, 15) is 0 Å². The van der Waals surface area contributed by atoms with Crippen molar-refractivity contribution < 1.29 is 4.74 Å². The highest BCUT2D eigenvalue weighted by Crippen LogP contribution is 2.22. The molecule has 2 aromatic carbocycles. The van der Waals surface area contributed by atoms with Crippen LogP contribution in [0.4, 0.5) is 0 Å². The highest BCUT2D eigenvalue weighted by molar-refractivity contribution is 9.10. The Bertz CT molecular complexity index is 544. The molecule has 0 aliphatic rings. The molecule has 4 heteroatoms. The van der Waals surface area contributed by atoms with Gasteiger partial charge in [0.25, 0.3) is 0 Å². The molecule has 0 saturated carbocycles. The average Bonchev–Trinajstić information content (AvgIpc) is 2.46. The largest absolute Gasteiger partial charge is 0.492 e. The third kappa shape index (κ3) is 4.51. The quantitative estimate of drug-likeness (QED) is 0.750. The van der Waals surface area contributed by atoms with Gasteiger partial charge in [-0.3, -0.25) is 0 Å². The number of benzene rings is 2. The first kappa shape index (κ1) is 15.4. The molecule has 20 heavy (non-hydrogen) atoms. The predicted molar refractivity (Wildman–Crippen MR) is 87.5 cm³/mol. The summed E-state index contributed by atoms with van der Waals surface area (Å²) >= 11 is 9.57. The van der Waals surface area contributed by atoms with Crippen molar-refractivity contribution in [2.45, 2.75) is 13.0 Å². The van der Waals surface area contributed by atoms with Crippen molar-refractivity contribution in [1.82, 2.24) is 5.32 Å². The Morgan fingerprint density at radius 2 is 1.85 bits per heavy atom. The van der Waals surface area contributed by atoms with Crippen molar-refractivity contribution >= 4 is 27.5 Å². The van der Waals surface area contributed by atoms with Crippen molar-refractivity contribution in [3.8, 4) is 5.75 Å². The zero-order chi connectivity index (χ0) is 14.4. The minimum atomic E-state index is 0.206. The molecule has 0 heterocycles. The van der Waals surface area contributed by atoms with E-state index in [1.54, 1.807) is 0 Å². The van der Waals surface area contributed by atoms with Gasteiger partial charge in [-0.1, -0.05) is 45.7 Å². The van der Waals surface area contributed by atoms with Gasteiger partial charge in [0.2, 0.25) is 0 Å². The smallest absolute Gasteiger partial charge is 0.119 e. The standard InChI is InChI=1S/C16H17BrClNO/c1-12(15-4-2-3-5-16(15)18)19-10-11-20-14-8-6-13(17)7-9-14/h2-9,12,19H,10-11H2,1H3/t12-/m0/s1. The molecule has 106 valence electrons. The van der Waals surface area contributed by atoms with E-state index < -0.39 is 0 Å². The average molecular weight is 355 g/mol. The molecule has 1 atom stereocenters. The van der Waals surface area contributed by atoms with Crippen molar-refractivity contribution in [2.24, 2.45) is 0 Å². The minimum absolute atomic E-state index is 0.206. The molecule has 2 nitrogen and oxygen atoms in total. The molecule has 0 saturated heterocycles. The molecular weight excluding hydrogens is 338 g/mol. The van der Waals surface area contributed by atoms with Gasteiger partial charge in [0.15, 0.2) is 0 Å². The van der Waals surface area contributed by atoms with E-state index in [0.29, 0.717) is 6.61 Å². The Morgan fingerprint density at radius 1 is 1.15 bits per heavy atom. The van der Waals surface area contributed by atoms with Crippen LogP contribution in [0, 0.1) is 0 Å². The molecule has 0 aliphatic heterocycles. The van der Waals surface area contributed by atoms with E-state index in [0.717, 1.165) is 27.4 Å². The first-order valence-electron chi connectivity index (χ1n) is 6.53. The first-order valence-corrected chi connectivity index (χ1v) is 7.70. The van der Waals surface area contributed by atoms with E-state index in [1.807, 2.05) is 48.5 Å². The molecule has 0 fully saturated rings. The Morgan fingerprint density at radius 3 is 2.55 bits per heavy atom. The number of hydrogen-bond acceptors (Lipinski definition) is 2. The maximum absolute atomic E-state index is 6.17. The van der Waals surface area contributed by atoms with Gasteiger partial charge in [-0.25, -0.2) is 0 Å². The molecule has 1 N–H and O–H groups in total. The lowest BCUT2D eigenvalue weighted by atomic mass is 10.1. The highest BCUT2D eigenvalue weighted by Gasteiger charge is 2.07. The van der Waals surface area contributed by atoms with Crippen LogP contribution in [0.2, 0.25) is 5.02 Å². The summed E-state index contributed by atoms with van der Waals surface area (Å²) < 4.78 is 6.71. The molecule has 0 bridgehead atoms. The predicted octanol–water partition coefficient (Wildman–Crippen LogP) is 4.83. The van der Waals surface area contributed by atoms with E-state index in [2.05, 4.69) is 28.2 Å². The molecular formula is C16H17BrClNO. The van der Waals surface area contributed by atoms with Crippen molar-refractivity contribution in [2.75, 3.05) is 13.2 Å². The van der Waals surface area contributed by atoms with Gasteiger partial charge < -0.3 is 10.1 Å². The van der Waals surface area contributed by atoms with Crippen molar-refractivity contribution in [3.05, 3.63) is 63.6 Å². The van der Waals surface area contributed by atoms with Gasteiger partial charge in [0, 0.05) is 22.1 Å². The van der Waals surface area contributed by atoms with Crippen LogP contribution in [0.15, 0.2) is 53.0 Å². The number of halogens is 2. The maximum atomic E-state index is 6.17. The second-order valence-electron chi connectivity index (χ2n) is 4.50. The normalized spacial score (nSPS) is 12.2. The lowest BCUT2D eigenvalue weighted by Crippen LogP contribution is -2.24. The summed E-state index contributed by atoms with van der Waals surface area (Å²) in [4.78, 5) is 0. The maximum Gasteiger partial charge on any atom is 0.119 e. The summed E-state index contributed by atoms with van der Waals surface area (Å²) in [7, 11) is 0. The Kier molecular flexibility index (Phi) is 5.89. The van der Waals surface area contributed by atoms with Crippen LogP contribution < -0.4 is 10.1 Å². The second kappa shape index (κ2) is 7.67. The molecule has 2 rings (SSSR count). The molecule has 0 aliphatic carbocycles. The van der Waals surface area contributed by atoms with Crippen LogP contribution >= 0.6 is 27.5 Å². The number of rotatable bonds is 6. The van der Waals surface area contributed by atoms with E-state index in [4.69, 9.17) is 16.3 Å². The second-order valence-corrected chi connectivity index (χ2v) is 5.82. The monoisotopic (exact) mass is 353 g/mol. The Balaban J connectivity index is 1.76. The van der Waals surface area contributed by atoms with Crippen LogP contribution in [0.3, 0.4) is 0 Å². The van der Waals surface area contributed by atoms with Crippen LogP contribution in [0.1, 0.15) is 18.5 Å². The van der Waals surface area contributed by atoms with Crippen LogP contribution in [-0.2, 0) is 0 Å². The topological polar surface area (TPSA) is 21.3 Å². The summed E-state index contributed by atoms with van der Waals surface area (Å²) in [5.74, 6) is 0.875. The summed E-state index contributed by atoms with van der Waals surface area (Å²) in [6.07, 6.45) is 0. The fraction of sp³-hybridized carbons (Fsp3) is 0.250. The minimum Gasteiger partial charge on any atom is -0.492 e. The molecule has 0 aromatic heterocycles. The zero-order valence-corrected chi connectivity index (χ0v) is 13.6. The number of hydrogen-bond donors (Lipinski definition) is 1. The molecule has 0 unspecified atom stereocenters. The lowest BCUT2D eigenvalue weighted by molar-refractivity contribution is 0.307. The fourth-order valence-electron chi connectivity index (χ4n) is 1.91. The van der Waals surface area contributed by atoms with Crippen LogP contribution in [-0.4, -0.2) is 13.2 Å². The lowest BCUT2D eigenvalue weighted by Gasteiger charge is -2.16. The van der Waals surface area contributed by atoms with Gasteiger partial charge in [0.05, 0.1) is 0 Å². The number of ether oxygens (including phenoxy) is 1. The SMILES string of the molecule is C[C@H](NCCOc1ccc(Br)cc1)c1ccccc1Cl. The summed E-state index contributed by atoms with van der Waals surface area (Å²) in [6, 6.07) is 15.9. The molecule has 0 spiro atoms. The fourth-order valence-corrected chi connectivity index (χ4v) is 2.48. The Labute approximate surface area is 133 Å². The third-order valence-electron chi connectivity index (χ3n) is 3.01.